The molecule has 1 fully saturated rings. The van der Waals surface area contributed by atoms with Gasteiger partial charge in [-0.3, -0.25) is 9.59 Å². The van der Waals surface area contributed by atoms with Gasteiger partial charge in [0, 0.05) is 17.0 Å². The molecule has 0 aromatic heterocycles. The molecule has 1 N–H and O–H groups in total. The number of thioether (sulfide) groups is 1. The van der Waals surface area contributed by atoms with E-state index in [4.69, 9.17) is 4.74 Å². The van der Waals surface area contributed by atoms with Gasteiger partial charge in [-0.2, -0.15) is 0 Å². The smallest absolute Gasteiger partial charge is 0.255 e. The third kappa shape index (κ3) is 3.85. The summed E-state index contributed by atoms with van der Waals surface area (Å²) in [4.78, 5) is 27.2. The largest absolute Gasteiger partial charge is 0.497 e. The summed E-state index contributed by atoms with van der Waals surface area (Å²) in [6.07, 6.45) is 0. The second-order valence-electron chi connectivity index (χ2n) is 6.31. The number of hydrogen-bond acceptors (Lipinski definition) is 4. The summed E-state index contributed by atoms with van der Waals surface area (Å²) in [5.41, 5.74) is 3.53. The van der Waals surface area contributed by atoms with Crippen molar-refractivity contribution in [3.8, 4) is 5.75 Å². The number of carbonyl (C=O) groups is 2. The average molecular weight is 370 g/mol. The molecule has 0 radical (unpaired) electrons. The Balaban J connectivity index is 1.72. The Morgan fingerprint density at radius 2 is 1.85 bits per heavy atom. The Kier molecular flexibility index (Phi) is 5.52. The van der Waals surface area contributed by atoms with Gasteiger partial charge in [0.1, 0.15) is 11.8 Å². The highest BCUT2D eigenvalue weighted by Gasteiger charge is 2.35. The molecule has 1 saturated heterocycles. The lowest BCUT2D eigenvalue weighted by Crippen LogP contribution is -2.44. The second-order valence-corrected chi connectivity index (χ2v) is 7.31. The Bertz CT molecular complexity index is 820. The van der Waals surface area contributed by atoms with Crippen molar-refractivity contribution in [3.63, 3.8) is 0 Å². The number of carbonyl (C=O) groups excluding carboxylic acids is 2. The van der Waals surface area contributed by atoms with Gasteiger partial charge in [-0.05, 0) is 61.4 Å². The van der Waals surface area contributed by atoms with Crippen LogP contribution in [-0.4, -0.2) is 41.5 Å². The number of anilines is 1. The Morgan fingerprint density at radius 3 is 2.50 bits per heavy atom. The minimum atomic E-state index is -0.476. The van der Waals surface area contributed by atoms with E-state index in [-0.39, 0.29) is 11.8 Å². The van der Waals surface area contributed by atoms with Crippen LogP contribution in [-0.2, 0) is 4.79 Å². The number of nitrogens with zero attached hydrogens (tertiary/aromatic N) is 1. The number of benzene rings is 2. The fourth-order valence-electron chi connectivity index (χ4n) is 2.80. The van der Waals surface area contributed by atoms with E-state index < -0.39 is 6.04 Å². The van der Waals surface area contributed by atoms with Gasteiger partial charge in [-0.25, -0.2) is 0 Å². The lowest BCUT2D eigenvalue weighted by molar-refractivity contribution is -0.119. The average Bonchev–Trinajstić information content (AvgIpc) is 3.14. The molecular formula is C20H22N2O3S. The molecule has 0 bridgehead atoms. The maximum Gasteiger partial charge on any atom is 0.255 e. The van der Waals surface area contributed by atoms with Gasteiger partial charge in [0.2, 0.25) is 5.91 Å². The first-order valence-corrected chi connectivity index (χ1v) is 9.56. The number of aryl methyl sites for hydroxylation is 2. The van der Waals surface area contributed by atoms with Gasteiger partial charge < -0.3 is 15.0 Å². The summed E-state index contributed by atoms with van der Waals surface area (Å²) >= 11 is 1.59. The van der Waals surface area contributed by atoms with Crippen LogP contribution in [0.1, 0.15) is 21.5 Å². The van der Waals surface area contributed by atoms with Crippen LogP contribution in [0.5, 0.6) is 5.75 Å². The minimum absolute atomic E-state index is 0.104. The van der Waals surface area contributed by atoms with E-state index in [1.807, 2.05) is 32.0 Å². The molecule has 3 rings (SSSR count). The quantitative estimate of drug-likeness (QED) is 0.895. The van der Waals surface area contributed by atoms with Crippen LogP contribution in [0.2, 0.25) is 0 Å². The van der Waals surface area contributed by atoms with Gasteiger partial charge in [0.25, 0.3) is 5.91 Å². The molecule has 0 spiro atoms. The third-order valence-corrected chi connectivity index (χ3v) is 5.57. The van der Waals surface area contributed by atoms with Gasteiger partial charge in [0.05, 0.1) is 13.0 Å². The van der Waals surface area contributed by atoms with Crippen LogP contribution in [0.15, 0.2) is 42.5 Å². The van der Waals surface area contributed by atoms with Crippen LogP contribution in [0.4, 0.5) is 5.69 Å². The SMILES string of the molecule is COc1ccc(NC(=O)C2CSCN2C(=O)c2ccc(C)c(C)c2)cc1. The molecule has 2 amide bonds. The molecule has 1 heterocycles. The van der Waals surface area contributed by atoms with E-state index >= 15 is 0 Å². The summed E-state index contributed by atoms with van der Waals surface area (Å²) in [6, 6.07) is 12.3. The highest BCUT2D eigenvalue weighted by Crippen LogP contribution is 2.25. The van der Waals surface area contributed by atoms with E-state index in [1.54, 1.807) is 48.0 Å². The topological polar surface area (TPSA) is 58.6 Å². The first-order chi connectivity index (χ1) is 12.5. The molecule has 26 heavy (non-hydrogen) atoms. The number of hydrogen-bond donors (Lipinski definition) is 1. The molecule has 6 heteroatoms. The van der Waals surface area contributed by atoms with Gasteiger partial charge in [0.15, 0.2) is 0 Å². The molecule has 1 atom stereocenters. The van der Waals surface area contributed by atoms with Crippen LogP contribution in [0.3, 0.4) is 0 Å². The zero-order valence-corrected chi connectivity index (χ0v) is 15.9. The highest BCUT2D eigenvalue weighted by molar-refractivity contribution is 7.99. The molecule has 5 nitrogen and oxygen atoms in total. The predicted octanol–water partition coefficient (Wildman–Crippen LogP) is 3.47. The lowest BCUT2D eigenvalue weighted by Gasteiger charge is -2.23. The summed E-state index contributed by atoms with van der Waals surface area (Å²) in [5, 5.41) is 2.89. The van der Waals surface area contributed by atoms with Gasteiger partial charge >= 0.3 is 0 Å². The number of amides is 2. The van der Waals surface area contributed by atoms with Crippen molar-refractivity contribution < 1.29 is 14.3 Å². The fourth-order valence-corrected chi connectivity index (χ4v) is 3.95. The van der Waals surface area contributed by atoms with Crippen LogP contribution in [0.25, 0.3) is 0 Å². The monoisotopic (exact) mass is 370 g/mol. The molecule has 0 aliphatic carbocycles. The number of methoxy groups -OCH3 is 1. The predicted molar refractivity (Wildman–Crippen MR) is 105 cm³/mol. The van der Waals surface area contributed by atoms with Crippen LogP contribution < -0.4 is 10.1 Å². The van der Waals surface area contributed by atoms with E-state index in [1.165, 1.54) is 0 Å². The fraction of sp³-hybridized carbons (Fsp3) is 0.300. The highest BCUT2D eigenvalue weighted by atomic mass is 32.2. The number of nitrogens with one attached hydrogen (secondary N) is 1. The van der Waals surface area contributed by atoms with Crippen LogP contribution in [0, 0.1) is 13.8 Å². The Morgan fingerprint density at radius 1 is 1.12 bits per heavy atom. The standard InChI is InChI=1S/C20H22N2O3S/c1-13-4-5-15(10-14(13)2)20(24)22-12-26-11-18(22)19(23)21-16-6-8-17(25-3)9-7-16/h4-10,18H,11-12H2,1-3H3,(H,21,23). The molecule has 1 aliphatic heterocycles. The zero-order valence-electron chi connectivity index (χ0n) is 15.1. The van der Waals surface area contributed by atoms with Crippen LogP contribution >= 0.6 is 11.8 Å². The van der Waals surface area contributed by atoms with E-state index in [2.05, 4.69) is 5.32 Å². The van der Waals surface area contributed by atoms with Crippen molar-refractivity contribution in [1.82, 2.24) is 4.90 Å². The van der Waals surface area contributed by atoms with Crippen molar-refractivity contribution in [3.05, 3.63) is 59.2 Å². The first kappa shape index (κ1) is 18.3. The third-order valence-electron chi connectivity index (χ3n) is 4.56. The first-order valence-electron chi connectivity index (χ1n) is 8.40. The number of rotatable bonds is 4. The van der Waals surface area contributed by atoms with E-state index in [0.29, 0.717) is 22.9 Å². The van der Waals surface area contributed by atoms with Crippen molar-refractivity contribution in [2.24, 2.45) is 0 Å². The Hall–Kier alpha value is -2.47. The molecule has 0 saturated carbocycles. The minimum Gasteiger partial charge on any atom is -0.497 e. The normalized spacial score (nSPS) is 16.4. The maximum absolute atomic E-state index is 12.9. The molecule has 2 aromatic carbocycles. The van der Waals surface area contributed by atoms with Crippen molar-refractivity contribution in [2.45, 2.75) is 19.9 Å². The molecule has 1 unspecified atom stereocenters. The summed E-state index contributed by atoms with van der Waals surface area (Å²) in [5.74, 6) is 1.57. The Labute approximate surface area is 157 Å². The molecule has 2 aromatic rings. The second kappa shape index (κ2) is 7.83. The maximum atomic E-state index is 12.9. The number of ether oxygens (including phenoxy) is 1. The van der Waals surface area contributed by atoms with E-state index in [0.717, 1.165) is 16.9 Å². The van der Waals surface area contributed by atoms with E-state index in [9.17, 15) is 9.59 Å². The van der Waals surface area contributed by atoms with Crippen molar-refractivity contribution in [2.75, 3.05) is 24.1 Å². The van der Waals surface area contributed by atoms with Gasteiger partial charge in [-0.15, -0.1) is 11.8 Å². The van der Waals surface area contributed by atoms with Crippen molar-refractivity contribution >= 4 is 29.3 Å². The molecule has 136 valence electrons. The summed E-state index contributed by atoms with van der Waals surface area (Å²) in [6.45, 7) is 4.00. The van der Waals surface area contributed by atoms with Gasteiger partial charge in [-0.1, -0.05) is 6.07 Å². The summed E-state index contributed by atoms with van der Waals surface area (Å²) < 4.78 is 5.12. The molecular weight excluding hydrogens is 348 g/mol. The van der Waals surface area contributed by atoms with Crippen molar-refractivity contribution in [1.29, 1.82) is 0 Å². The zero-order chi connectivity index (χ0) is 18.7. The summed E-state index contributed by atoms with van der Waals surface area (Å²) in [7, 11) is 1.60. The molecule has 1 aliphatic rings. The lowest BCUT2D eigenvalue weighted by atomic mass is 10.1.